The van der Waals surface area contributed by atoms with Gasteiger partial charge in [-0.3, -0.25) is 4.79 Å². The maximum Gasteiger partial charge on any atom is 0.243 e. The van der Waals surface area contributed by atoms with Crippen molar-refractivity contribution in [1.29, 1.82) is 0 Å². The molecule has 8 heteroatoms. The number of hydrogen-bond donors (Lipinski definition) is 1. The summed E-state index contributed by atoms with van der Waals surface area (Å²) in [4.78, 5) is 12.6. The van der Waals surface area contributed by atoms with E-state index in [1.165, 1.54) is 17.0 Å². The Morgan fingerprint density at radius 3 is 2.47 bits per heavy atom. The Kier molecular flexibility index (Phi) is 7.47. The van der Waals surface area contributed by atoms with Crippen molar-refractivity contribution in [3.8, 4) is 5.75 Å². The topological polar surface area (TPSA) is 84.9 Å². The van der Waals surface area contributed by atoms with E-state index in [9.17, 15) is 13.2 Å². The summed E-state index contributed by atoms with van der Waals surface area (Å²) in [7, 11) is -2.07. The van der Waals surface area contributed by atoms with Crippen molar-refractivity contribution in [3.63, 3.8) is 0 Å². The minimum absolute atomic E-state index is 0.136. The molecule has 0 atom stereocenters. The molecule has 0 spiro atoms. The summed E-state index contributed by atoms with van der Waals surface area (Å²) in [6.07, 6.45) is 1.53. The molecule has 3 rings (SSSR count). The minimum Gasteiger partial charge on any atom is -0.496 e. The molecule has 2 aromatic carbocycles. The van der Waals surface area contributed by atoms with Crippen LogP contribution in [0.5, 0.6) is 5.75 Å². The Hall–Kier alpha value is -2.42. The fourth-order valence-corrected chi connectivity index (χ4v) is 4.80. The quantitative estimate of drug-likeness (QED) is 0.693. The number of rotatable bonds is 8. The number of morpholine rings is 1. The highest BCUT2D eigenvalue weighted by Gasteiger charge is 2.27. The van der Waals surface area contributed by atoms with Gasteiger partial charge in [-0.1, -0.05) is 19.1 Å². The summed E-state index contributed by atoms with van der Waals surface area (Å²) < 4.78 is 37.9. The number of nitrogens with one attached hydrogen (secondary N) is 1. The smallest absolute Gasteiger partial charge is 0.243 e. The SMILES string of the molecule is CCc1ccc(NC(=O)CCc2cc(S(=O)(=O)N3CCOCC3)ccc2OC)cc1. The van der Waals surface area contributed by atoms with Crippen LogP contribution in [0.3, 0.4) is 0 Å². The Morgan fingerprint density at radius 1 is 1.13 bits per heavy atom. The van der Waals surface area contributed by atoms with E-state index in [1.807, 2.05) is 24.3 Å². The van der Waals surface area contributed by atoms with Gasteiger partial charge in [-0.2, -0.15) is 4.31 Å². The number of carbonyl (C=O) groups excluding carboxylic acids is 1. The first-order valence-electron chi connectivity index (χ1n) is 10.1. The molecular weight excluding hydrogens is 404 g/mol. The molecule has 1 heterocycles. The number of amides is 1. The average Bonchev–Trinajstić information content (AvgIpc) is 2.78. The molecule has 0 aromatic heterocycles. The summed E-state index contributed by atoms with van der Waals surface area (Å²) >= 11 is 0. The van der Waals surface area contributed by atoms with Crippen LogP contribution in [0.4, 0.5) is 5.69 Å². The molecule has 1 N–H and O–H groups in total. The molecule has 2 aromatic rings. The summed E-state index contributed by atoms with van der Waals surface area (Å²) in [5.74, 6) is 0.429. The maximum absolute atomic E-state index is 12.9. The van der Waals surface area contributed by atoms with Crippen LogP contribution in [0, 0.1) is 0 Å². The number of aryl methyl sites for hydroxylation is 2. The van der Waals surface area contributed by atoms with Gasteiger partial charge in [-0.15, -0.1) is 0 Å². The van der Waals surface area contributed by atoms with Crippen molar-refractivity contribution in [2.75, 3.05) is 38.7 Å². The van der Waals surface area contributed by atoms with Crippen LogP contribution in [0.1, 0.15) is 24.5 Å². The first-order chi connectivity index (χ1) is 14.4. The van der Waals surface area contributed by atoms with Crippen LogP contribution in [-0.2, 0) is 32.4 Å². The lowest BCUT2D eigenvalue weighted by atomic mass is 10.1. The van der Waals surface area contributed by atoms with E-state index >= 15 is 0 Å². The third-order valence-electron chi connectivity index (χ3n) is 5.13. The van der Waals surface area contributed by atoms with Crippen molar-refractivity contribution in [1.82, 2.24) is 4.31 Å². The number of carbonyl (C=O) groups is 1. The molecule has 0 radical (unpaired) electrons. The molecular formula is C22H28N2O5S. The summed E-state index contributed by atoms with van der Waals surface area (Å²) in [6, 6.07) is 12.5. The van der Waals surface area contributed by atoms with Crippen LogP contribution in [-0.4, -0.2) is 52.0 Å². The van der Waals surface area contributed by atoms with Gasteiger partial charge < -0.3 is 14.8 Å². The second-order valence-corrected chi connectivity index (χ2v) is 9.03. The van der Waals surface area contributed by atoms with Gasteiger partial charge in [0.2, 0.25) is 15.9 Å². The number of anilines is 1. The van der Waals surface area contributed by atoms with Crippen LogP contribution in [0.25, 0.3) is 0 Å². The third kappa shape index (κ3) is 5.38. The lowest BCUT2D eigenvalue weighted by molar-refractivity contribution is -0.116. The predicted molar refractivity (Wildman–Crippen MR) is 115 cm³/mol. The first-order valence-corrected chi connectivity index (χ1v) is 11.5. The van der Waals surface area contributed by atoms with E-state index in [4.69, 9.17) is 9.47 Å². The predicted octanol–water partition coefficient (Wildman–Crippen LogP) is 2.85. The van der Waals surface area contributed by atoms with Crippen molar-refractivity contribution in [2.24, 2.45) is 0 Å². The van der Waals surface area contributed by atoms with Crippen molar-refractivity contribution in [3.05, 3.63) is 53.6 Å². The van der Waals surface area contributed by atoms with E-state index in [0.29, 0.717) is 44.0 Å². The van der Waals surface area contributed by atoms with E-state index < -0.39 is 10.0 Å². The Balaban J connectivity index is 1.69. The largest absolute Gasteiger partial charge is 0.496 e. The normalized spacial score (nSPS) is 15.0. The van der Waals surface area contributed by atoms with Crippen molar-refractivity contribution in [2.45, 2.75) is 31.1 Å². The Labute approximate surface area is 178 Å². The van der Waals surface area contributed by atoms with E-state index in [2.05, 4.69) is 12.2 Å². The molecule has 1 aliphatic rings. The number of methoxy groups -OCH3 is 1. The number of nitrogens with zero attached hydrogens (tertiary/aromatic N) is 1. The fraction of sp³-hybridized carbons (Fsp3) is 0.409. The van der Waals surface area contributed by atoms with E-state index in [1.54, 1.807) is 18.2 Å². The molecule has 1 aliphatic heterocycles. The number of hydrogen-bond acceptors (Lipinski definition) is 5. The Morgan fingerprint density at radius 2 is 1.83 bits per heavy atom. The van der Waals surface area contributed by atoms with Gasteiger partial charge in [0, 0.05) is 25.2 Å². The van der Waals surface area contributed by atoms with Crippen LogP contribution < -0.4 is 10.1 Å². The lowest BCUT2D eigenvalue weighted by Gasteiger charge is -2.26. The van der Waals surface area contributed by atoms with Gasteiger partial charge in [0.1, 0.15) is 5.75 Å². The second kappa shape index (κ2) is 10.1. The highest BCUT2D eigenvalue weighted by molar-refractivity contribution is 7.89. The van der Waals surface area contributed by atoms with Crippen molar-refractivity contribution >= 4 is 21.6 Å². The van der Waals surface area contributed by atoms with Gasteiger partial charge in [0.05, 0.1) is 25.2 Å². The van der Waals surface area contributed by atoms with Gasteiger partial charge in [-0.05, 0) is 54.3 Å². The highest BCUT2D eigenvalue weighted by Crippen LogP contribution is 2.26. The molecule has 1 fully saturated rings. The van der Waals surface area contributed by atoms with Gasteiger partial charge in [0.15, 0.2) is 0 Å². The molecule has 7 nitrogen and oxygen atoms in total. The fourth-order valence-electron chi connectivity index (χ4n) is 3.34. The number of ether oxygens (including phenoxy) is 2. The lowest BCUT2D eigenvalue weighted by Crippen LogP contribution is -2.40. The van der Waals surface area contributed by atoms with E-state index in [0.717, 1.165) is 12.1 Å². The van der Waals surface area contributed by atoms with Gasteiger partial charge >= 0.3 is 0 Å². The molecule has 162 valence electrons. The summed E-state index contributed by atoms with van der Waals surface area (Å²) in [5.41, 5.74) is 2.63. The third-order valence-corrected chi connectivity index (χ3v) is 7.02. The van der Waals surface area contributed by atoms with Crippen LogP contribution >= 0.6 is 0 Å². The number of sulfonamides is 1. The standard InChI is InChI=1S/C22H28N2O5S/c1-3-17-4-7-19(8-5-17)23-22(25)11-6-18-16-20(9-10-21(18)28-2)30(26,27)24-12-14-29-15-13-24/h4-5,7-10,16H,3,6,11-15H2,1-2H3,(H,23,25). The maximum atomic E-state index is 12.9. The van der Waals surface area contributed by atoms with Gasteiger partial charge in [-0.25, -0.2) is 8.42 Å². The summed E-state index contributed by atoms with van der Waals surface area (Å²) in [6.45, 7) is 3.53. The molecule has 0 saturated carbocycles. The minimum atomic E-state index is -3.61. The van der Waals surface area contributed by atoms with Crippen LogP contribution in [0.15, 0.2) is 47.4 Å². The zero-order valence-electron chi connectivity index (χ0n) is 17.4. The second-order valence-electron chi connectivity index (χ2n) is 7.09. The molecule has 1 amide bonds. The zero-order valence-corrected chi connectivity index (χ0v) is 18.2. The molecule has 1 saturated heterocycles. The summed E-state index contributed by atoms with van der Waals surface area (Å²) in [5, 5.41) is 2.88. The number of benzene rings is 2. The van der Waals surface area contributed by atoms with E-state index in [-0.39, 0.29) is 17.2 Å². The average molecular weight is 433 g/mol. The monoisotopic (exact) mass is 432 g/mol. The van der Waals surface area contributed by atoms with Crippen LogP contribution in [0.2, 0.25) is 0 Å². The molecule has 30 heavy (non-hydrogen) atoms. The zero-order chi connectivity index (χ0) is 21.6. The van der Waals surface area contributed by atoms with Gasteiger partial charge in [0.25, 0.3) is 0 Å². The Bertz CT molecular complexity index is 968. The highest BCUT2D eigenvalue weighted by atomic mass is 32.2. The first kappa shape index (κ1) is 22.3. The molecule has 0 unspecified atom stereocenters. The molecule has 0 aliphatic carbocycles. The van der Waals surface area contributed by atoms with Crippen molar-refractivity contribution < 1.29 is 22.7 Å². The molecule has 0 bridgehead atoms.